The van der Waals surface area contributed by atoms with Gasteiger partial charge < -0.3 is 4.74 Å². The summed E-state index contributed by atoms with van der Waals surface area (Å²) in [7, 11) is 0. The predicted octanol–water partition coefficient (Wildman–Crippen LogP) is 3.77. The average Bonchev–Trinajstić information content (AvgIpc) is 2.01. The first-order valence-corrected chi connectivity index (χ1v) is 5.67. The lowest BCUT2D eigenvalue weighted by Crippen LogP contribution is -1.95. The Labute approximate surface area is 96.1 Å². The lowest BCUT2D eigenvalue weighted by atomic mass is 10.5. The average molecular weight is 360 g/mol. The molecule has 0 spiro atoms. The van der Waals surface area contributed by atoms with Gasteiger partial charge in [0.05, 0.1) is 15.6 Å². The number of ether oxygens (including phenoxy) is 1. The van der Waals surface area contributed by atoms with Gasteiger partial charge in [-0.2, -0.15) is 0 Å². The summed E-state index contributed by atoms with van der Waals surface area (Å²) in [6.45, 7) is 2.53. The lowest BCUT2D eigenvalue weighted by molar-refractivity contribution is 0.324. The Morgan fingerprint density at radius 1 is 1.33 bits per heavy atom. The minimum atomic E-state index is 0.604. The van der Waals surface area contributed by atoms with Gasteiger partial charge in [0, 0.05) is 0 Å². The summed E-state index contributed by atoms with van der Waals surface area (Å²) in [6.07, 6.45) is 0. The van der Waals surface area contributed by atoms with Crippen LogP contribution in [-0.2, 0) is 0 Å². The molecule has 12 heavy (non-hydrogen) atoms. The van der Waals surface area contributed by atoms with Crippen LogP contribution in [0.2, 0.25) is 0 Å². The van der Waals surface area contributed by atoms with Gasteiger partial charge in [-0.15, -0.1) is 0 Å². The highest BCUT2D eigenvalue weighted by Crippen LogP contribution is 2.30. The molecule has 0 fully saturated rings. The van der Waals surface area contributed by atoms with Crippen LogP contribution in [0.4, 0.5) is 0 Å². The minimum absolute atomic E-state index is 0.604. The van der Waals surface area contributed by atoms with Crippen molar-refractivity contribution in [3.8, 4) is 5.88 Å². The van der Waals surface area contributed by atoms with Crippen molar-refractivity contribution in [3.05, 3.63) is 19.6 Å². The molecule has 1 rings (SSSR count). The van der Waals surface area contributed by atoms with Gasteiger partial charge in [0.1, 0.15) is 4.60 Å². The van der Waals surface area contributed by atoms with E-state index < -0.39 is 0 Å². The van der Waals surface area contributed by atoms with Gasteiger partial charge in [-0.3, -0.25) is 0 Å². The molecule has 0 aromatic carbocycles. The number of pyridine rings is 1. The van der Waals surface area contributed by atoms with Crippen molar-refractivity contribution in [1.29, 1.82) is 0 Å². The van der Waals surface area contributed by atoms with Crippen molar-refractivity contribution in [2.75, 3.05) is 6.61 Å². The van der Waals surface area contributed by atoms with Gasteiger partial charge in [0.15, 0.2) is 0 Å². The second kappa shape index (κ2) is 4.58. The van der Waals surface area contributed by atoms with Gasteiger partial charge in [-0.25, -0.2) is 4.98 Å². The molecule has 0 bridgehead atoms. The van der Waals surface area contributed by atoms with E-state index in [-0.39, 0.29) is 0 Å². The van der Waals surface area contributed by atoms with Crippen LogP contribution in [0.25, 0.3) is 0 Å². The number of hydrogen-bond acceptors (Lipinski definition) is 2. The fourth-order valence-electron chi connectivity index (χ4n) is 0.666. The molecule has 1 heterocycles. The van der Waals surface area contributed by atoms with E-state index >= 15 is 0 Å². The molecule has 0 saturated carbocycles. The predicted molar refractivity (Wildman–Crippen MR) is 58.5 cm³/mol. The second-order valence-corrected chi connectivity index (χ2v) is 4.44. The SMILES string of the molecule is CCOc1nc(Br)c(Br)cc1Br. The van der Waals surface area contributed by atoms with Gasteiger partial charge >= 0.3 is 0 Å². The fraction of sp³-hybridized carbons (Fsp3) is 0.286. The van der Waals surface area contributed by atoms with Gasteiger partial charge in [-0.1, -0.05) is 0 Å². The zero-order valence-electron chi connectivity index (χ0n) is 6.27. The van der Waals surface area contributed by atoms with Gasteiger partial charge in [-0.05, 0) is 60.8 Å². The van der Waals surface area contributed by atoms with Gasteiger partial charge in [0.25, 0.3) is 0 Å². The number of aromatic nitrogens is 1. The number of rotatable bonds is 2. The summed E-state index contributed by atoms with van der Waals surface area (Å²) < 4.78 is 7.76. The van der Waals surface area contributed by atoms with E-state index in [9.17, 15) is 0 Å². The van der Waals surface area contributed by atoms with Crippen molar-refractivity contribution in [2.24, 2.45) is 0 Å². The Morgan fingerprint density at radius 2 is 2.00 bits per heavy atom. The zero-order valence-corrected chi connectivity index (χ0v) is 11.0. The highest BCUT2D eigenvalue weighted by atomic mass is 79.9. The van der Waals surface area contributed by atoms with Crippen LogP contribution in [0.1, 0.15) is 6.92 Å². The number of nitrogens with zero attached hydrogens (tertiary/aromatic N) is 1. The highest BCUT2D eigenvalue weighted by molar-refractivity contribution is 9.13. The van der Waals surface area contributed by atoms with Gasteiger partial charge in [0.2, 0.25) is 5.88 Å². The first kappa shape index (κ1) is 10.5. The molecule has 0 radical (unpaired) electrons. The molecule has 0 atom stereocenters. The number of halogens is 3. The largest absolute Gasteiger partial charge is 0.477 e. The quantitative estimate of drug-likeness (QED) is 0.750. The standard InChI is InChI=1S/C7H6Br3NO/c1-2-12-7-5(9)3-4(8)6(10)11-7/h3H,2H2,1H3. The molecule has 0 aliphatic rings. The molecular weight excluding hydrogens is 354 g/mol. The third kappa shape index (κ3) is 2.44. The maximum atomic E-state index is 5.26. The van der Waals surface area contributed by atoms with Crippen LogP contribution in [0.15, 0.2) is 19.6 Å². The van der Waals surface area contributed by atoms with E-state index in [0.717, 1.165) is 13.5 Å². The van der Waals surface area contributed by atoms with Crippen LogP contribution >= 0.6 is 47.8 Å². The van der Waals surface area contributed by atoms with Crippen molar-refractivity contribution >= 4 is 47.8 Å². The Bertz CT molecular complexity index is 290. The Morgan fingerprint density at radius 3 is 2.58 bits per heavy atom. The highest BCUT2D eigenvalue weighted by Gasteiger charge is 2.06. The summed E-state index contributed by atoms with van der Waals surface area (Å²) in [5.74, 6) is 0.604. The van der Waals surface area contributed by atoms with E-state index in [1.807, 2.05) is 13.0 Å². The molecule has 0 saturated heterocycles. The van der Waals surface area contributed by atoms with Crippen molar-refractivity contribution in [1.82, 2.24) is 4.98 Å². The summed E-state index contributed by atoms with van der Waals surface area (Å²) in [6, 6.07) is 1.89. The molecule has 1 aromatic rings. The first-order valence-electron chi connectivity index (χ1n) is 3.29. The van der Waals surface area contributed by atoms with E-state index in [0.29, 0.717) is 12.5 Å². The zero-order chi connectivity index (χ0) is 9.14. The maximum Gasteiger partial charge on any atom is 0.229 e. The van der Waals surface area contributed by atoms with Crippen molar-refractivity contribution < 1.29 is 4.74 Å². The molecular formula is C7H6Br3NO. The molecule has 0 N–H and O–H groups in total. The Balaban J connectivity index is 3.05. The molecule has 5 heteroatoms. The normalized spacial score (nSPS) is 10.0. The lowest BCUT2D eigenvalue weighted by Gasteiger charge is -2.05. The first-order chi connectivity index (χ1) is 5.65. The molecule has 0 unspecified atom stereocenters. The Kier molecular flexibility index (Phi) is 3.99. The van der Waals surface area contributed by atoms with Crippen LogP contribution in [0.5, 0.6) is 5.88 Å². The van der Waals surface area contributed by atoms with E-state index in [2.05, 4.69) is 52.8 Å². The number of hydrogen-bond donors (Lipinski definition) is 0. The molecule has 0 aliphatic carbocycles. The molecule has 66 valence electrons. The van der Waals surface area contributed by atoms with Crippen LogP contribution in [0, 0.1) is 0 Å². The van der Waals surface area contributed by atoms with E-state index in [4.69, 9.17) is 4.74 Å². The third-order valence-corrected chi connectivity index (χ3v) is 3.44. The van der Waals surface area contributed by atoms with Crippen LogP contribution in [-0.4, -0.2) is 11.6 Å². The molecule has 2 nitrogen and oxygen atoms in total. The van der Waals surface area contributed by atoms with Crippen LogP contribution < -0.4 is 4.74 Å². The van der Waals surface area contributed by atoms with E-state index in [1.165, 1.54) is 0 Å². The molecule has 0 amide bonds. The fourth-order valence-corrected chi connectivity index (χ4v) is 2.00. The van der Waals surface area contributed by atoms with Crippen LogP contribution in [0.3, 0.4) is 0 Å². The summed E-state index contributed by atoms with van der Waals surface area (Å²) >= 11 is 9.97. The second-order valence-electron chi connectivity index (χ2n) is 1.98. The monoisotopic (exact) mass is 357 g/mol. The smallest absolute Gasteiger partial charge is 0.229 e. The van der Waals surface area contributed by atoms with Crippen molar-refractivity contribution in [3.63, 3.8) is 0 Å². The van der Waals surface area contributed by atoms with Crippen molar-refractivity contribution in [2.45, 2.75) is 6.92 Å². The summed E-state index contributed by atoms with van der Waals surface area (Å²) in [4.78, 5) is 4.16. The molecule has 0 aliphatic heterocycles. The maximum absolute atomic E-state index is 5.26. The van der Waals surface area contributed by atoms with E-state index in [1.54, 1.807) is 0 Å². The topological polar surface area (TPSA) is 22.1 Å². The Hall–Kier alpha value is 0.390. The summed E-state index contributed by atoms with van der Waals surface area (Å²) in [5, 5.41) is 0. The molecule has 1 aromatic heterocycles. The third-order valence-electron chi connectivity index (χ3n) is 1.14. The summed E-state index contributed by atoms with van der Waals surface area (Å²) in [5.41, 5.74) is 0. The minimum Gasteiger partial charge on any atom is -0.477 e.